The van der Waals surface area contributed by atoms with E-state index in [1.54, 1.807) is 0 Å². The summed E-state index contributed by atoms with van der Waals surface area (Å²) in [5, 5.41) is 0. The number of unbranched alkanes of at least 4 members (excludes halogenated alkanes) is 12. The van der Waals surface area contributed by atoms with Gasteiger partial charge in [-0.05, 0) is 116 Å². The van der Waals surface area contributed by atoms with Gasteiger partial charge in [0.1, 0.15) is 13.2 Å². The summed E-state index contributed by atoms with van der Waals surface area (Å²) in [5.41, 5.74) is 0. The molecule has 0 aromatic carbocycles. The van der Waals surface area contributed by atoms with Crippen molar-refractivity contribution in [3.05, 3.63) is 146 Å². The fraction of sp³-hybridized carbons (Fsp3) is 0.557. The molecular formula is C61H94O6. The van der Waals surface area contributed by atoms with E-state index < -0.39 is 6.10 Å². The summed E-state index contributed by atoms with van der Waals surface area (Å²) in [6, 6.07) is 0. The van der Waals surface area contributed by atoms with Crippen molar-refractivity contribution in [1.29, 1.82) is 0 Å². The number of esters is 3. The van der Waals surface area contributed by atoms with Crippen LogP contribution in [0.4, 0.5) is 0 Å². The molecule has 6 nitrogen and oxygen atoms in total. The third kappa shape index (κ3) is 52.1. The van der Waals surface area contributed by atoms with Crippen molar-refractivity contribution in [3.63, 3.8) is 0 Å². The number of hydrogen-bond acceptors (Lipinski definition) is 6. The Balaban J connectivity index is 4.62. The fourth-order valence-corrected chi connectivity index (χ4v) is 6.47. The third-order valence-electron chi connectivity index (χ3n) is 10.4. The molecule has 67 heavy (non-hydrogen) atoms. The second-order valence-electron chi connectivity index (χ2n) is 16.7. The number of allylic oxidation sites excluding steroid dienone is 24. The van der Waals surface area contributed by atoms with Crippen LogP contribution in [-0.2, 0) is 28.6 Å². The topological polar surface area (TPSA) is 78.9 Å². The lowest BCUT2D eigenvalue weighted by Gasteiger charge is -2.18. The van der Waals surface area contributed by atoms with Crippen molar-refractivity contribution < 1.29 is 28.6 Å². The van der Waals surface area contributed by atoms with Crippen LogP contribution in [0.1, 0.15) is 201 Å². The first-order valence-corrected chi connectivity index (χ1v) is 26.4. The lowest BCUT2D eigenvalue weighted by molar-refractivity contribution is -0.167. The molecule has 0 heterocycles. The van der Waals surface area contributed by atoms with Gasteiger partial charge in [0, 0.05) is 19.3 Å². The second kappa shape index (κ2) is 53.9. The van der Waals surface area contributed by atoms with E-state index in [1.165, 1.54) is 44.9 Å². The van der Waals surface area contributed by atoms with E-state index in [0.717, 1.165) is 103 Å². The molecule has 0 saturated carbocycles. The van der Waals surface area contributed by atoms with Crippen LogP contribution in [-0.4, -0.2) is 37.2 Å². The average molecular weight is 923 g/mol. The Hall–Kier alpha value is -4.71. The first-order valence-electron chi connectivity index (χ1n) is 26.4. The molecule has 6 heteroatoms. The van der Waals surface area contributed by atoms with Gasteiger partial charge in [-0.2, -0.15) is 0 Å². The second-order valence-corrected chi connectivity index (χ2v) is 16.7. The molecule has 374 valence electrons. The van der Waals surface area contributed by atoms with Crippen LogP contribution in [0, 0.1) is 0 Å². The summed E-state index contributed by atoms with van der Waals surface area (Å²) in [4.78, 5) is 38.0. The normalized spacial score (nSPS) is 13.3. The molecule has 0 aliphatic heterocycles. The van der Waals surface area contributed by atoms with E-state index in [0.29, 0.717) is 19.3 Å². The van der Waals surface area contributed by atoms with Crippen LogP contribution in [0.15, 0.2) is 146 Å². The highest BCUT2D eigenvalue weighted by atomic mass is 16.6. The van der Waals surface area contributed by atoms with Gasteiger partial charge in [-0.1, -0.05) is 212 Å². The summed E-state index contributed by atoms with van der Waals surface area (Å²) in [5.74, 6) is -1.07. The zero-order valence-electron chi connectivity index (χ0n) is 42.6. The van der Waals surface area contributed by atoms with E-state index in [9.17, 15) is 14.4 Å². The Morgan fingerprint density at radius 3 is 1.13 bits per heavy atom. The zero-order chi connectivity index (χ0) is 48.6. The van der Waals surface area contributed by atoms with Crippen LogP contribution in [0.3, 0.4) is 0 Å². The summed E-state index contributed by atoms with van der Waals surface area (Å²) in [7, 11) is 0. The van der Waals surface area contributed by atoms with Gasteiger partial charge < -0.3 is 14.2 Å². The SMILES string of the molecule is CC\C=C/C=C\C=C/CCCCCCCCCC(=O)OCC(COC(=O)CCC/C=C\C/C=C\C/C=C\C/C=C\C/C=C\CC)OC(=O)CCC/C=C\C/C=C\C/C=C\C/C=C\CCCCC. The van der Waals surface area contributed by atoms with Gasteiger partial charge in [0.05, 0.1) is 0 Å². The van der Waals surface area contributed by atoms with E-state index >= 15 is 0 Å². The van der Waals surface area contributed by atoms with E-state index in [-0.39, 0.29) is 44.0 Å². The van der Waals surface area contributed by atoms with Gasteiger partial charge in [0.2, 0.25) is 0 Å². The Morgan fingerprint density at radius 2 is 0.672 bits per heavy atom. The number of carbonyl (C=O) groups excluding carboxylic acids is 3. The van der Waals surface area contributed by atoms with Crippen LogP contribution in [0.25, 0.3) is 0 Å². The van der Waals surface area contributed by atoms with E-state index in [1.807, 2.05) is 0 Å². The molecule has 0 saturated heterocycles. The number of rotatable bonds is 45. The lowest BCUT2D eigenvalue weighted by atomic mass is 10.1. The molecular weight excluding hydrogens is 829 g/mol. The predicted molar refractivity (Wildman–Crippen MR) is 288 cm³/mol. The number of ether oxygens (including phenoxy) is 3. The zero-order valence-corrected chi connectivity index (χ0v) is 42.6. The maximum Gasteiger partial charge on any atom is 0.306 e. The van der Waals surface area contributed by atoms with E-state index in [2.05, 4.69) is 167 Å². The average Bonchev–Trinajstić information content (AvgIpc) is 3.33. The van der Waals surface area contributed by atoms with Crippen LogP contribution >= 0.6 is 0 Å². The minimum absolute atomic E-state index is 0.130. The van der Waals surface area contributed by atoms with Crippen molar-refractivity contribution in [1.82, 2.24) is 0 Å². The highest BCUT2D eigenvalue weighted by molar-refractivity contribution is 5.71. The molecule has 0 spiro atoms. The smallest absolute Gasteiger partial charge is 0.306 e. The van der Waals surface area contributed by atoms with Crippen molar-refractivity contribution in [2.45, 2.75) is 207 Å². The Labute approximate surface area is 410 Å². The molecule has 0 rings (SSSR count). The molecule has 0 bridgehead atoms. The summed E-state index contributed by atoms with van der Waals surface area (Å²) in [6.45, 7) is 6.24. The minimum atomic E-state index is -0.841. The lowest BCUT2D eigenvalue weighted by Crippen LogP contribution is -2.30. The van der Waals surface area contributed by atoms with Gasteiger partial charge in [-0.25, -0.2) is 0 Å². The van der Waals surface area contributed by atoms with Crippen molar-refractivity contribution in [2.24, 2.45) is 0 Å². The van der Waals surface area contributed by atoms with Gasteiger partial charge in [-0.15, -0.1) is 0 Å². The fourth-order valence-electron chi connectivity index (χ4n) is 6.47. The molecule has 0 amide bonds. The van der Waals surface area contributed by atoms with Gasteiger partial charge in [0.25, 0.3) is 0 Å². The molecule has 1 unspecified atom stereocenters. The van der Waals surface area contributed by atoms with Gasteiger partial charge in [0.15, 0.2) is 6.10 Å². The molecule has 1 atom stereocenters. The largest absolute Gasteiger partial charge is 0.462 e. The van der Waals surface area contributed by atoms with Crippen LogP contribution in [0.2, 0.25) is 0 Å². The quantitative estimate of drug-likeness (QED) is 0.0199. The van der Waals surface area contributed by atoms with Crippen molar-refractivity contribution >= 4 is 17.9 Å². The van der Waals surface area contributed by atoms with Gasteiger partial charge in [-0.3, -0.25) is 14.4 Å². The summed E-state index contributed by atoms with van der Waals surface area (Å²) >= 11 is 0. The standard InChI is InChI=1S/C61H94O6/c1-4-7-10-13-16-19-22-25-28-30-33-36-39-42-45-48-51-54-60(63)66-57-58(56-65-59(62)53-50-47-44-41-38-35-32-27-24-21-18-15-12-9-6-3)67-61(64)55-52-49-46-43-40-37-34-31-29-26-23-20-17-14-11-8-5-2/h7,9-10,12,15-21,24-26,28-29,33-34,36-37,42-43,45-46,58H,4-6,8,11,13-14,22-23,27,30-32,35,38-41,44,47-57H2,1-3H3/b10-7-,12-9-,18-15-,19-16-,20-17-,24-21-,28-25-,29-26-,36-33-,37-34-,45-42-,46-43-. The Morgan fingerprint density at radius 1 is 0.328 bits per heavy atom. The third-order valence-corrected chi connectivity index (χ3v) is 10.4. The monoisotopic (exact) mass is 923 g/mol. The first-order chi connectivity index (χ1) is 33.0. The first kappa shape index (κ1) is 62.3. The van der Waals surface area contributed by atoms with Gasteiger partial charge >= 0.3 is 17.9 Å². The van der Waals surface area contributed by atoms with Crippen LogP contribution in [0.5, 0.6) is 0 Å². The highest BCUT2D eigenvalue weighted by Gasteiger charge is 2.19. The summed E-state index contributed by atoms with van der Waals surface area (Å²) < 4.78 is 16.7. The maximum atomic E-state index is 12.8. The van der Waals surface area contributed by atoms with Crippen molar-refractivity contribution in [2.75, 3.05) is 13.2 Å². The molecule has 0 radical (unpaired) electrons. The minimum Gasteiger partial charge on any atom is -0.462 e. The molecule has 0 aliphatic carbocycles. The molecule has 0 aromatic heterocycles. The highest BCUT2D eigenvalue weighted by Crippen LogP contribution is 2.12. The Kier molecular flexibility index (Phi) is 50.1. The molecule has 0 aliphatic rings. The Bertz CT molecular complexity index is 1530. The molecule has 0 fully saturated rings. The maximum absolute atomic E-state index is 12.8. The summed E-state index contributed by atoms with van der Waals surface area (Å²) in [6.07, 6.45) is 76.9. The van der Waals surface area contributed by atoms with Crippen LogP contribution < -0.4 is 0 Å². The van der Waals surface area contributed by atoms with Crippen molar-refractivity contribution in [3.8, 4) is 0 Å². The molecule has 0 aromatic rings. The molecule has 0 N–H and O–H groups in total. The number of hydrogen-bond donors (Lipinski definition) is 0. The van der Waals surface area contributed by atoms with E-state index in [4.69, 9.17) is 14.2 Å². The number of carbonyl (C=O) groups is 3. The predicted octanol–water partition coefficient (Wildman–Crippen LogP) is 17.6.